The van der Waals surface area contributed by atoms with Crippen molar-refractivity contribution in [2.75, 3.05) is 24.5 Å². The molecular weight excluding hydrogens is 535 g/mol. The second-order valence-corrected chi connectivity index (χ2v) is 8.62. The van der Waals surface area contributed by atoms with Crippen molar-refractivity contribution in [1.29, 1.82) is 0 Å². The molecule has 7 heteroatoms. The number of benzene rings is 2. The van der Waals surface area contributed by atoms with E-state index >= 15 is 0 Å². The maximum atomic E-state index is 4.84. The number of aliphatic imine (C=N–C) groups is 1. The molecule has 1 saturated heterocycles. The van der Waals surface area contributed by atoms with Gasteiger partial charge in [-0.3, -0.25) is 0 Å². The first kappa shape index (κ1) is 26.1. The van der Waals surface area contributed by atoms with Crippen molar-refractivity contribution >= 4 is 35.6 Å². The molecule has 2 N–H and O–H groups in total. The quantitative estimate of drug-likeness (QED) is 0.211. The maximum Gasteiger partial charge on any atom is 0.192 e. The average molecular weight is 573 g/mol. The Hall–Kier alpha value is -2.55. The highest BCUT2D eigenvalue weighted by molar-refractivity contribution is 14.0. The van der Waals surface area contributed by atoms with Gasteiger partial charge in [-0.05, 0) is 56.4 Å². The molecule has 0 aliphatic carbocycles. The number of aromatic nitrogens is 2. The molecule has 6 nitrogen and oxygen atoms in total. The highest BCUT2D eigenvalue weighted by Crippen LogP contribution is 2.24. The minimum Gasteiger partial charge on any atom is -0.372 e. The molecule has 1 aliphatic heterocycles. The molecule has 0 bridgehead atoms. The Kier molecular flexibility index (Phi) is 10.2. The topological polar surface area (TPSA) is 57.5 Å². The lowest BCUT2D eigenvalue weighted by molar-refractivity contribution is 0.645. The molecule has 1 aliphatic rings. The smallest absolute Gasteiger partial charge is 0.192 e. The van der Waals surface area contributed by atoms with Crippen LogP contribution in [0.25, 0.3) is 0 Å². The lowest BCUT2D eigenvalue weighted by Crippen LogP contribution is -2.38. The Morgan fingerprint density at radius 1 is 1.09 bits per heavy atom. The summed E-state index contributed by atoms with van der Waals surface area (Å²) in [7, 11) is 0. The highest BCUT2D eigenvalue weighted by Gasteiger charge is 2.14. The number of imidazole rings is 1. The molecule has 1 aromatic heterocycles. The zero-order valence-electron chi connectivity index (χ0n) is 20.3. The van der Waals surface area contributed by atoms with Gasteiger partial charge in [0.1, 0.15) is 12.4 Å². The molecule has 3 aromatic rings. The second kappa shape index (κ2) is 13.4. The van der Waals surface area contributed by atoms with Gasteiger partial charge in [0.15, 0.2) is 5.96 Å². The largest absolute Gasteiger partial charge is 0.372 e. The van der Waals surface area contributed by atoms with Crippen LogP contribution in [0.4, 0.5) is 5.69 Å². The van der Waals surface area contributed by atoms with Crippen molar-refractivity contribution in [3.8, 4) is 0 Å². The van der Waals surface area contributed by atoms with E-state index in [9.17, 15) is 0 Å². The molecule has 34 heavy (non-hydrogen) atoms. The number of rotatable bonds is 9. The van der Waals surface area contributed by atoms with Crippen LogP contribution >= 0.6 is 24.0 Å². The Morgan fingerprint density at radius 2 is 1.88 bits per heavy atom. The van der Waals surface area contributed by atoms with Gasteiger partial charge in [-0.2, -0.15) is 0 Å². The van der Waals surface area contributed by atoms with E-state index in [1.54, 1.807) is 0 Å². The summed E-state index contributed by atoms with van der Waals surface area (Å²) in [4.78, 5) is 11.9. The summed E-state index contributed by atoms with van der Waals surface area (Å²) in [5.41, 5.74) is 3.93. The molecule has 182 valence electrons. The number of hydrogen-bond donors (Lipinski definition) is 2. The molecule has 0 saturated carbocycles. The van der Waals surface area contributed by atoms with Gasteiger partial charge in [-0.1, -0.05) is 42.5 Å². The molecule has 2 aromatic carbocycles. The third-order valence-electron chi connectivity index (χ3n) is 6.20. The Bertz CT molecular complexity index is 1030. The van der Waals surface area contributed by atoms with E-state index in [0.717, 1.165) is 44.4 Å². The van der Waals surface area contributed by atoms with Crippen LogP contribution in [0.5, 0.6) is 0 Å². The number of anilines is 1. The monoisotopic (exact) mass is 572 g/mol. The van der Waals surface area contributed by atoms with E-state index < -0.39 is 0 Å². The van der Waals surface area contributed by atoms with Gasteiger partial charge in [0.25, 0.3) is 0 Å². The molecule has 2 heterocycles. The van der Waals surface area contributed by atoms with Crippen LogP contribution in [0.3, 0.4) is 0 Å². The number of hydrogen-bond acceptors (Lipinski definition) is 3. The zero-order chi connectivity index (χ0) is 22.9. The third kappa shape index (κ3) is 7.22. The molecule has 1 fully saturated rings. The van der Waals surface area contributed by atoms with Gasteiger partial charge in [-0.15, -0.1) is 24.0 Å². The fraction of sp³-hybridized carbons (Fsp3) is 0.407. The maximum absolute atomic E-state index is 4.84. The second-order valence-electron chi connectivity index (χ2n) is 8.62. The summed E-state index contributed by atoms with van der Waals surface area (Å²) >= 11 is 0. The highest BCUT2D eigenvalue weighted by atomic mass is 127. The summed E-state index contributed by atoms with van der Waals surface area (Å²) in [6, 6.07) is 19.6. The minimum atomic E-state index is 0. The fourth-order valence-corrected chi connectivity index (χ4v) is 4.31. The van der Waals surface area contributed by atoms with E-state index in [1.165, 1.54) is 29.7 Å². The number of guanidine groups is 1. The number of nitrogens with one attached hydrogen (secondary N) is 2. The van der Waals surface area contributed by atoms with Crippen LogP contribution in [0.1, 0.15) is 49.7 Å². The summed E-state index contributed by atoms with van der Waals surface area (Å²) in [5, 5.41) is 6.96. The molecule has 1 unspecified atom stereocenters. The van der Waals surface area contributed by atoms with Gasteiger partial charge in [0.2, 0.25) is 0 Å². The predicted octanol–water partition coefficient (Wildman–Crippen LogP) is 5.16. The van der Waals surface area contributed by atoms with Crippen molar-refractivity contribution in [1.82, 2.24) is 20.2 Å². The van der Waals surface area contributed by atoms with Gasteiger partial charge >= 0.3 is 0 Å². The van der Waals surface area contributed by atoms with Crippen molar-refractivity contribution in [2.45, 2.75) is 52.2 Å². The predicted molar refractivity (Wildman–Crippen MR) is 152 cm³/mol. The van der Waals surface area contributed by atoms with Crippen LogP contribution in [-0.2, 0) is 19.5 Å². The normalized spacial score (nSPS) is 14.5. The Balaban J connectivity index is 0.00000324. The average Bonchev–Trinajstić information content (AvgIpc) is 3.54. The van der Waals surface area contributed by atoms with Crippen molar-refractivity contribution < 1.29 is 0 Å². The van der Waals surface area contributed by atoms with Crippen LogP contribution in [-0.4, -0.2) is 35.1 Å². The molecule has 0 radical (unpaired) electrons. The summed E-state index contributed by atoms with van der Waals surface area (Å²) < 4.78 is 2.20. The van der Waals surface area contributed by atoms with Gasteiger partial charge in [0, 0.05) is 44.3 Å². The van der Waals surface area contributed by atoms with Gasteiger partial charge in [0.05, 0.1) is 6.04 Å². The summed E-state index contributed by atoms with van der Waals surface area (Å²) in [5.74, 6) is 1.79. The van der Waals surface area contributed by atoms with Gasteiger partial charge < -0.3 is 20.1 Å². The summed E-state index contributed by atoms with van der Waals surface area (Å²) in [6.45, 7) is 8.86. The minimum absolute atomic E-state index is 0. The number of halogens is 1. The summed E-state index contributed by atoms with van der Waals surface area (Å²) in [6.07, 6.45) is 7.46. The zero-order valence-corrected chi connectivity index (χ0v) is 22.6. The first-order valence-electron chi connectivity index (χ1n) is 12.2. The molecule has 0 spiro atoms. The number of nitrogens with zero attached hydrogens (tertiary/aromatic N) is 4. The van der Waals surface area contributed by atoms with Crippen molar-refractivity contribution in [3.63, 3.8) is 0 Å². The SMILES string of the molecule is CCNC(=NCc1nccn1CCc1ccccc1)NC(C)c1cccc(N2CCCC2)c1.I. The molecule has 0 amide bonds. The van der Waals surface area contributed by atoms with E-state index in [-0.39, 0.29) is 30.0 Å². The van der Waals surface area contributed by atoms with Crippen molar-refractivity contribution in [3.05, 3.63) is 83.9 Å². The van der Waals surface area contributed by atoms with Crippen LogP contribution in [0.2, 0.25) is 0 Å². The van der Waals surface area contributed by atoms with Gasteiger partial charge in [-0.25, -0.2) is 9.98 Å². The first-order chi connectivity index (χ1) is 16.2. The van der Waals surface area contributed by atoms with E-state index in [1.807, 2.05) is 12.4 Å². The van der Waals surface area contributed by atoms with E-state index in [4.69, 9.17) is 4.99 Å². The van der Waals surface area contributed by atoms with Crippen molar-refractivity contribution in [2.24, 2.45) is 4.99 Å². The number of aryl methyl sites for hydroxylation is 2. The van der Waals surface area contributed by atoms with Crippen LogP contribution in [0, 0.1) is 0 Å². The first-order valence-corrected chi connectivity index (χ1v) is 12.2. The molecule has 4 rings (SSSR count). The lowest BCUT2D eigenvalue weighted by atomic mass is 10.1. The van der Waals surface area contributed by atoms with Crippen LogP contribution in [0.15, 0.2) is 72.0 Å². The van der Waals surface area contributed by atoms with E-state index in [2.05, 4.69) is 93.5 Å². The lowest BCUT2D eigenvalue weighted by Gasteiger charge is -2.22. The Morgan fingerprint density at radius 3 is 2.65 bits per heavy atom. The fourth-order valence-electron chi connectivity index (χ4n) is 4.31. The standard InChI is InChI=1S/C27H36N6.HI/c1-3-28-27(31-22(2)24-12-9-13-25(20-24)32-16-7-8-17-32)30-21-26-29-15-19-33(26)18-14-23-10-5-4-6-11-23;/h4-6,9-13,15,19-20,22H,3,7-8,14,16-18,21H2,1-2H3,(H2,28,30,31);1H. The molecule has 1 atom stereocenters. The van der Waals surface area contributed by atoms with E-state index in [0.29, 0.717) is 6.54 Å². The molecular formula is C27H37IN6. The Labute approximate surface area is 220 Å². The van der Waals surface area contributed by atoms with Crippen LogP contribution < -0.4 is 15.5 Å². The third-order valence-corrected chi connectivity index (χ3v) is 6.20.